The molecule has 0 fully saturated rings. The van der Waals surface area contributed by atoms with Crippen LogP contribution >= 0.6 is 11.6 Å². The molecular weight excluding hydrogens is 310 g/mol. The lowest BCUT2D eigenvalue weighted by Gasteiger charge is -2.06. The summed E-state index contributed by atoms with van der Waals surface area (Å²) in [6.45, 7) is 0. The van der Waals surface area contributed by atoms with Gasteiger partial charge in [-0.3, -0.25) is 4.40 Å². The summed E-state index contributed by atoms with van der Waals surface area (Å²) < 4.78 is 1.93. The van der Waals surface area contributed by atoms with Crippen LogP contribution in [0.2, 0.25) is 5.02 Å². The molecule has 0 saturated heterocycles. The van der Waals surface area contributed by atoms with Gasteiger partial charge in [-0.15, -0.1) is 10.2 Å². The van der Waals surface area contributed by atoms with Crippen LogP contribution in [0.15, 0.2) is 67.0 Å². The Kier molecular flexibility index (Phi) is 3.40. The molecule has 0 saturated carbocycles. The minimum absolute atomic E-state index is 0.706. The molecule has 0 aliphatic rings. The minimum Gasteiger partial charge on any atom is -0.340 e. The molecule has 3 aromatic heterocycles. The van der Waals surface area contributed by atoms with E-state index in [-0.39, 0.29) is 0 Å². The molecule has 6 heteroatoms. The summed E-state index contributed by atoms with van der Waals surface area (Å²) in [5.74, 6) is 1.52. The molecule has 1 aromatic carbocycles. The van der Waals surface area contributed by atoms with Crippen molar-refractivity contribution in [1.29, 1.82) is 0 Å². The van der Waals surface area contributed by atoms with Gasteiger partial charge >= 0.3 is 0 Å². The second-order valence-corrected chi connectivity index (χ2v) is 5.45. The van der Waals surface area contributed by atoms with E-state index in [1.54, 1.807) is 6.20 Å². The van der Waals surface area contributed by atoms with E-state index in [1.807, 2.05) is 65.2 Å². The maximum Gasteiger partial charge on any atom is 0.169 e. The fourth-order valence-electron chi connectivity index (χ4n) is 2.32. The Hall–Kier alpha value is -2.92. The number of anilines is 2. The van der Waals surface area contributed by atoms with Crippen molar-refractivity contribution in [3.63, 3.8) is 0 Å². The van der Waals surface area contributed by atoms with Crippen LogP contribution in [0.5, 0.6) is 0 Å². The molecule has 0 atom stereocenters. The summed E-state index contributed by atoms with van der Waals surface area (Å²) in [5, 5.41) is 12.3. The Balaban J connectivity index is 1.61. The van der Waals surface area contributed by atoms with E-state index in [0.29, 0.717) is 5.02 Å². The van der Waals surface area contributed by atoms with E-state index in [2.05, 4.69) is 20.5 Å². The van der Waals surface area contributed by atoms with E-state index in [4.69, 9.17) is 11.6 Å². The lowest BCUT2D eigenvalue weighted by Crippen LogP contribution is -1.94. The highest BCUT2D eigenvalue weighted by Crippen LogP contribution is 2.21. The molecular formula is C17H12ClN5. The number of fused-ring (bicyclic) bond motifs is 1. The summed E-state index contributed by atoms with van der Waals surface area (Å²) in [6.07, 6.45) is 3.71. The third-order valence-electron chi connectivity index (χ3n) is 3.45. The lowest BCUT2D eigenvalue weighted by molar-refractivity contribution is 1.11. The van der Waals surface area contributed by atoms with Gasteiger partial charge in [-0.2, -0.15) is 0 Å². The molecule has 1 N–H and O–H groups in total. The predicted octanol–water partition coefficient (Wildman–Crippen LogP) is 4.19. The quantitative estimate of drug-likeness (QED) is 0.614. The molecule has 23 heavy (non-hydrogen) atoms. The third kappa shape index (κ3) is 2.74. The van der Waals surface area contributed by atoms with Crippen molar-refractivity contribution in [3.05, 3.63) is 72.0 Å². The zero-order valence-corrected chi connectivity index (χ0v) is 12.8. The number of benzene rings is 1. The Morgan fingerprint density at radius 2 is 1.78 bits per heavy atom. The molecule has 0 bridgehead atoms. The number of rotatable bonds is 3. The van der Waals surface area contributed by atoms with Crippen LogP contribution < -0.4 is 5.32 Å². The van der Waals surface area contributed by atoms with Crippen molar-refractivity contribution in [2.75, 3.05) is 5.32 Å². The molecule has 4 aromatic rings. The lowest BCUT2D eigenvalue weighted by atomic mass is 10.2. The predicted molar refractivity (Wildman–Crippen MR) is 91.0 cm³/mol. The van der Waals surface area contributed by atoms with Crippen LogP contribution in [0.1, 0.15) is 0 Å². The van der Waals surface area contributed by atoms with Crippen molar-refractivity contribution in [2.24, 2.45) is 0 Å². The highest BCUT2D eigenvalue weighted by atomic mass is 35.5. The molecule has 0 spiro atoms. The number of hydrogen-bond acceptors (Lipinski definition) is 4. The van der Waals surface area contributed by atoms with Gasteiger partial charge in [0, 0.05) is 28.7 Å². The van der Waals surface area contributed by atoms with E-state index in [1.165, 1.54) is 0 Å². The second kappa shape index (κ2) is 5.70. The molecule has 0 aliphatic carbocycles. The number of aromatic nitrogens is 4. The van der Waals surface area contributed by atoms with Crippen LogP contribution in [-0.4, -0.2) is 19.6 Å². The van der Waals surface area contributed by atoms with E-state index in [9.17, 15) is 0 Å². The van der Waals surface area contributed by atoms with Crippen molar-refractivity contribution < 1.29 is 0 Å². The van der Waals surface area contributed by atoms with Gasteiger partial charge in [0.05, 0.1) is 0 Å². The Morgan fingerprint density at radius 3 is 2.57 bits per heavy atom. The van der Waals surface area contributed by atoms with Crippen molar-refractivity contribution in [1.82, 2.24) is 19.6 Å². The zero-order chi connectivity index (χ0) is 15.6. The van der Waals surface area contributed by atoms with E-state index in [0.717, 1.165) is 28.5 Å². The standard InChI is InChI=1S/C17H12ClN5/c18-13-5-7-14(8-6-13)20-15-9-4-12(11-19-15)17-22-21-16-3-1-2-10-23(16)17/h1-11H,(H,19,20). The summed E-state index contributed by atoms with van der Waals surface area (Å²) in [4.78, 5) is 4.43. The fraction of sp³-hybridized carbons (Fsp3) is 0. The van der Waals surface area contributed by atoms with Crippen LogP contribution in [-0.2, 0) is 0 Å². The highest BCUT2D eigenvalue weighted by molar-refractivity contribution is 6.30. The van der Waals surface area contributed by atoms with E-state index >= 15 is 0 Å². The van der Waals surface area contributed by atoms with Crippen molar-refractivity contribution >= 4 is 28.8 Å². The van der Waals surface area contributed by atoms with Crippen LogP contribution in [0.3, 0.4) is 0 Å². The molecule has 3 heterocycles. The first-order valence-corrected chi connectivity index (χ1v) is 7.46. The number of nitrogens with one attached hydrogen (secondary N) is 1. The van der Waals surface area contributed by atoms with Gasteiger partial charge in [0.2, 0.25) is 0 Å². The van der Waals surface area contributed by atoms with Crippen LogP contribution in [0, 0.1) is 0 Å². The van der Waals surface area contributed by atoms with Gasteiger partial charge < -0.3 is 5.32 Å². The number of nitrogens with zero attached hydrogens (tertiary/aromatic N) is 4. The number of hydrogen-bond donors (Lipinski definition) is 1. The molecule has 0 amide bonds. The normalized spacial score (nSPS) is 10.8. The second-order valence-electron chi connectivity index (χ2n) is 5.02. The summed E-state index contributed by atoms with van der Waals surface area (Å²) in [6, 6.07) is 17.2. The first-order valence-electron chi connectivity index (χ1n) is 7.08. The average Bonchev–Trinajstić information content (AvgIpc) is 3.02. The van der Waals surface area contributed by atoms with Crippen molar-refractivity contribution in [2.45, 2.75) is 0 Å². The smallest absolute Gasteiger partial charge is 0.169 e. The monoisotopic (exact) mass is 321 g/mol. The summed E-state index contributed by atoms with van der Waals surface area (Å²) in [7, 11) is 0. The number of pyridine rings is 2. The van der Waals surface area contributed by atoms with Crippen LogP contribution in [0.4, 0.5) is 11.5 Å². The number of halogens is 1. The Labute approximate surface area is 137 Å². The molecule has 5 nitrogen and oxygen atoms in total. The Morgan fingerprint density at radius 1 is 0.913 bits per heavy atom. The molecule has 0 unspecified atom stereocenters. The zero-order valence-electron chi connectivity index (χ0n) is 12.0. The van der Waals surface area contributed by atoms with Gasteiger partial charge in [-0.05, 0) is 48.5 Å². The Bertz CT molecular complexity index is 945. The highest BCUT2D eigenvalue weighted by Gasteiger charge is 2.07. The van der Waals surface area contributed by atoms with Gasteiger partial charge in [-0.25, -0.2) is 4.98 Å². The molecule has 4 rings (SSSR count). The maximum absolute atomic E-state index is 5.88. The fourth-order valence-corrected chi connectivity index (χ4v) is 2.45. The van der Waals surface area contributed by atoms with Gasteiger partial charge in [0.15, 0.2) is 11.5 Å². The first kappa shape index (κ1) is 13.7. The maximum atomic E-state index is 5.88. The molecule has 112 valence electrons. The summed E-state index contributed by atoms with van der Waals surface area (Å²) >= 11 is 5.88. The summed E-state index contributed by atoms with van der Waals surface area (Å²) in [5.41, 5.74) is 2.65. The largest absolute Gasteiger partial charge is 0.340 e. The topological polar surface area (TPSA) is 55.1 Å². The third-order valence-corrected chi connectivity index (χ3v) is 3.70. The van der Waals surface area contributed by atoms with Gasteiger partial charge in [0.1, 0.15) is 5.82 Å². The van der Waals surface area contributed by atoms with Gasteiger partial charge in [-0.1, -0.05) is 17.7 Å². The van der Waals surface area contributed by atoms with E-state index < -0.39 is 0 Å². The van der Waals surface area contributed by atoms with Crippen molar-refractivity contribution in [3.8, 4) is 11.4 Å². The van der Waals surface area contributed by atoms with Crippen LogP contribution in [0.25, 0.3) is 17.0 Å². The van der Waals surface area contributed by atoms with Gasteiger partial charge in [0.25, 0.3) is 0 Å². The minimum atomic E-state index is 0.706. The average molecular weight is 322 g/mol. The molecule has 0 radical (unpaired) electrons. The SMILES string of the molecule is Clc1ccc(Nc2ccc(-c3nnc4ccccn34)cn2)cc1. The molecule has 0 aliphatic heterocycles. The first-order chi connectivity index (χ1) is 11.3.